The van der Waals surface area contributed by atoms with Crippen LogP contribution in [0.5, 0.6) is 5.75 Å². The SMILES string of the molecule is CCOC(=O)c1cn(C(Cc2cc(OCCCOC)c(Cl)nc2I)C(C)(C)COC(C)=O)ccc1=O. The minimum Gasteiger partial charge on any atom is -0.490 e. The molecule has 0 aromatic carbocycles. The lowest BCUT2D eigenvalue weighted by atomic mass is 9.81. The first-order chi connectivity index (χ1) is 17.0. The van der Waals surface area contributed by atoms with Crippen LogP contribution in [-0.2, 0) is 25.4 Å². The molecule has 2 aromatic rings. The minimum atomic E-state index is -0.692. The number of pyridine rings is 2. The van der Waals surface area contributed by atoms with Crippen molar-refractivity contribution in [3.8, 4) is 5.75 Å². The summed E-state index contributed by atoms with van der Waals surface area (Å²) in [5, 5.41) is 0.254. The van der Waals surface area contributed by atoms with Crippen molar-refractivity contribution in [1.82, 2.24) is 9.55 Å². The third-order valence-corrected chi connectivity index (χ3v) is 6.68. The first-order valence-electron chi connectivity index (χ1n) is 11.5. The minimum absolute atomic E-state index is 0.0706. The van der Waals surface area contributed by atoms with Crippen LogP contribution < -0.4 is 10.2 Å². The summed E-state index contributed by atoms with van der Waals surface area (Å²) in [6.07, 6.45) is 4.22. The molecule has 1 atom stereocenters. The second kappa shape index (κ2) is 13.9. The third-order valence-electron chi connectivity index (χ3n) is 5.48. The smallest absolute Gasteiger partial charge is 0.343 e. The molecule has 0 bridgehead atoms. The van der Waals surface area contributed by atoms with E-state index in [1.165, 1.54) is 19.2 Å². The Kier molecular flexibility index (Phi) is 11.6. The average molecular weight is 635 g/mol. The maximum Gasteiger partial charge on any atom is 0.343 e. The summed E-state index contributed by atoms with van der Waals surface area (Å²) in [6.45, 7) is 8.16. The van der Waals surface area contributed by atoms with E-state index in [-0.39, 0.29) is 30.0 Å². The molecule has 0 radical (unpaired) electrons. The lowest BCUT2D eigenvalue weighted by Crippen LogP contribution is -2.35. The molecule has 0 saturated carbocycles. The van der Waals surface area contributed by atoms with Gasteiger partial charge in [0.25, 0.3) is 0 Å². The number of ether oxygens (including phenoxy) is 4. The molecule has 0 amide bonds. The van der Waals surface area contributed by atoms with Crippen LogP contribution in [0, 0.1) is 9.12 Å². The molecule has 0 aliphatic rings. The van der Waals surface area contributed by atoms with E-state index >= 15 is 0 Å². The number of carbonyl (C=O) groups is 2. The van der Waals surface area contributed by atoms with Crippen molar-refractivity contribution in [2.45, 2.75) is 46.6 Å². The molecule has 0 aliphatic heterocycles. The molecule has 2 heterocycles. The first-order valence-corrected chi connectivity index (χ1v) is 12.9. The molecule has 0 fully saturated rings. The fraction of sp³-hybridized carbons (Fsp3) is 0.520. The van der Waals surface area contributed by atoms with Crippen LogP contribution in [0.2, 0.25) is 5.15 Å². The Labute approximate surface area is 229 Å². The fourth-order valence-corrected chi connectivity index (χ4v) is 4.51. The normalized spacial score (nSPS) is 12.2. The molecule has 0 saturated heterocycles. The molecule has 0 spiro atoms. The lowest BCUT2D eigenvalue weighted by Gasteiger charge is -2.36. The molecule has 0 N–H and O–H groups in total. The predicted molar refractivity (Wildman–Crippen MR) is 144 cm³/mol. The summed E-state index contributed by atoms with van der Waals surface area (Å²) in [4.78, 5) is 40.8. The van der Waals surface area contributed by atoms with Crippen molar-refractivity contribution in [3.05, 3.63) is 54.7 Å². The van der Waals surface area contributed by atoms with E-state index in [0.29, 0.717) is 35.5 Å². The second-order valence-electron chi connectivity index (χ2n) is 8.80. The lowest BCUT2D eigenvalue weighted by molar-refractivity contribution is -0.144. The zero-order valence-electron chi connectivity index (χ0n) is 21.1. The highest BCUT2D eigenvalue weighted by atomic mass is 127. The van der Waals surface area contributed by atoms with E-state index in [1.807, 2.05) is 19.9 Å². The number of halogens is 2. The van der Waals surface area contributed by atoms with Gasteiger partial charge in [0.05, 0.1) is 19.8 Å². The van der Waals surface area contributed by atoms with Crippen molar-refractivity contribution in [1.29, 1.82) is 0 Å². The Morgan fingerprint density at radius 1 is 1.25 bits per heavy atom. The van der Waals surface area contributed by atoms with E-state index < -0.39 is 22.8 Å². The van der Waals surface area contributed by atoms with Crippen LogP contribution in [0.3, 0.4) is 0 Å². The number of hydrogen-bond acceptors (Lipinski definition) is 8. The zero-order valence-corrected chi connectivity index (χ0v) is 24.1. The molecule has 9 nitrogen and oxygen atoms in total. The van der Waals surface area contributed by atoms with Crippen LogP contribution in [0.15, 0.2) is 29.3 Å². The molecule has 11 heteroatoms. The van der Waals surface area contributed by atoms with Gasteiger partial charge in [-0.2, -0.15) is 0 Å². The van der Waals surface area contributed by atoms with Gasteiger partial charge < -0.3 is 23.5 Å². The first kappa shape index (κ1) is 30.0. The Balaban J connectivity index is 2.50. The summed E-state index contributed by atoms with van der Waals surface area (Å²) in [5.41, 5.74) is -0.261. The highest BCUT2D eigenvalue weighted by Gasteiger charge is 2.33. The summed E-state index contributed by atoms with van der Waals surface area (Å²) >= 11 is 8.43. The van der Waals surface area contributed by atoms with Gasteiger partial charge in [-0.3, -0.25) is 9.59 Å². The van der Waals surface area contributed by atoms with E-state index in [0.717, 1.165) is 5.56 Å². The summed E-state index contributed by atoms with van der Waals surface area (Å²) in [6, 6.07) is 2.83. The summed E-state index contributed by atoms with van der Waals surface area (Å²) in [7, 11) is 1.62. The standard InChI is InChI=1S/C25H32ClIN2O7/c1-6-34-24(32)18-14-29(9-8-19(18)31)21(25(3,4)15-36-16(2)30)13-17-12-20(22(26)28-23(17)27)35-11-7-10-33-5/h8-9,12,14,21H,6-7,10-11,13,15H2,1-5H3. The van der Waals surface area contributed by atoms with Crippen LogP contribution >= 0.6 is 34.2 Å². The average Bonchev–Trinajstić information content (AvgIpc) is 2.81. The van der Waals surface area contributed by atoms with Gasteiger partial charge in [0, 0.05) is 57.0 Å². The molecular formula is C25H32ClIN2O7. The molecule has 36 heavy (non-hydrogen) atoms. The molecular weight excluding hydrogens is 603 g/mol. The van der Waals surface area contributed by atoms with E-state index in [9.17, 15) is 14.4 Å². The maximum absolute atomic E-state index is 12.4. The van der Waals surface area contributed by atoms with Crippen LogP contribution in [-0.4, -0.2) is 55.0 Å². The van der Waals surface area contributed by atoms with Gasteiger partial charge in [0.2, 0.25) is 0 Å². The molecule has 198 valence electrons. The van der Waals surface area contributed by atoms with Gasteiger partial charge >= 0.3 is 11.9 Å². The topological polar surface area (TPSA) is 106 Å². The van der Waals surface area contributed by atoms with Gasteiger partial charge in [-0.1, -0.05) is 25.4 Å². The number of esters is 2. The number of nitrogens with zero attached hydrogens (tertiary/aromatic N) is 2. The van der Waals surface area contributed by atoms with Gasteiger partial charge in [0.15, 0.2) is 16.3 Å². The summed E-state index contributed by atoms with van der Waals surface area (Å²) in [5.74, 6) is -0.641. The van der Waals surface area contributed by atoms with Crippen LogP contribution in [0.25, 0.3) is 0 Å². The highest BCUT2D eigenvalue weighted by molar-refractivity contribution is 14.1. The van der Waals surface area contributed by atoms with Crippen LogP contribution in [0.4, 0.5) is 0 Å². The largest absolute Gasteiger partial charge is 0.490 e. The highest BCUT2D eigenvalue weighted by Crippen LogP contribution is 2.37. The van der Waals surface area contributed by atoms with E-state index in [1.54, 1.807) is 24.8 Å². The van der Waals surface area contributed by atoms with Crippen molar-refractivity contribution in [2.75, 3.05) is 33.5 Å². The Bertz CT molecular complexity index is 1120. The Morgan fingerprint density at radius 3 is 2.61 bits per heavy atom. The van der Waals surface area contributed by atoms with Crippen LogP contribution in [0.1, 0.15) is 56.1 Å². The maximum atomic E-state index is 12.4. The zero-order chi connectivity index (χ0) is 26.9. The number of hydrogen-bond donors (Lipinski definition) is 0. The number of carbonyl (C=O) groups excluding carboxylic acids is 2. The quantitative estimate of drug-likeness (QED) is 0.138. The van der Waals surface area contributed by atoms with Gasteiger partial charge in [-0.05, 0) is 47.6 Å². The molecule has 0 aliphatic carbocycles. The monoisotopic (exact) mass is 634 g/mol. The van der Waals surface area contributed by atoms with Crippen molar-refractivity contribution in [3.63, 3.8) is 0 Å². The Hall–Kier alpha value is -2.18. The van der Waals surface area contributed by atoms with Gasteiger partial charge in [0.1, 0.15) is 9.26 Å². The number of methoxy groups -OCH3 is 1. The molecule has 2 rings (SSSR count). The molecule has 1 unspecified atom stereocenters. The van der Waals surface area contributed by atoms with Gasteiger partial charge in [-0.25, -0.2) is 9.78 Å². The van der Waals surface area contributed by atoms with Crippen molar-refractivity contribution < 1.29 is 28.5 Å². The van der Waals surface area contributed by atoms with E-state index in [2.05, 4.69) is 27.6 Å². The second-order valence-corrected chi connectivity index (χ2v) is 10.2. The summed E-state index contributed by atoms with van der Waals surface area (Å²) < 4.78 is 23.8. The number of rotatable bonds is 13. The molecule has 2 aromatic heterocycles. The fourth-order valence-electron chi connectivity index (χ4n) is 3.55. The van der Waals surface area contributed by atoms with Gasteiger partial charge in [-0.15, -0.1) is 0 Å². The third kappa shape index (κ3) is 8.45. The number of aromatic nitrogens is 2. The van der Waals surface area contributed by atoms with Crippen molar-refractivity contribution in [2.24, 2.45) is 5.41 Å². The Morgan fingerprint density at radius 2 is 1.97 bits per heavy atom. The van der Waals surface area contributed by atoms with Crippen molar-refractivity contribution >= 4 is 46.1 Å². The van der Waals surface area contributed by atoms with E-state index in [4.69, 9.17) is 30.5 Å². The predicted octanol–water partition coefficient (Wildman–Crippen LogP) is 4.47.